The second-order valence-electron chi connectivity index (χ2n) is 4.30. The SMILES string of the molecule is CN(c1cccc(F)c1)c1ccc(S(N)(=O)=O)cc1N. The summed E-state index contributed by atoms with van der Waals surface area (Å²) in [7, 11) is -2.09. The summed E-state index contributed by atoms with van der Waals surface area (Å²) in [6.07, 6.45) is 0. The molecule has 0 heterocycles. The van der Waals surface area contributed by atoms with Crippen LogP contribution >= 0.6 is 0 Å². The quantitative estimate of drug-likeness (QED) is 0.845. The van der Waals surface area contributed by atoms with Crippen molar-refractivity contribution in [2.45, 2.75) is 4.90 Å². The highest BCUT2D eigenvalue weighted by Crippen LogP contribution is 2.30. The summed E-state index contributed by atoms with van der Waals surface area (Å²) < 4.78 is 35.7. The number of benzene rings is 2. The lowest BCUT2D eigenvalue weighted by Gasteiger charge is -2.21. The van der Waals surface area contributed by atoms with Crippen molar-refractivity contribution in [2.75, 3.05) is 17.7 Å². The molecule has 0 aliphatic rings. The van der Waals surface area contributed by atoms with Crippen LogP contribution in [0.25, 0.3) is 0 Å². The van der Waals surface area contributed by atoms with Crippen LogP contribution in [0.15, 0.2) is 47.4 Å². The smallest absolute Gasteiger partial charge is 0.238 e. The van der Waals surface area contributed by atoms with Crippen LogP contribution in [0.5, 0.6) is 0 Å². The molecule has 4 N–H and O–H groups in total. The van der Waals surface area contributed by atoms with Crippen LogP contribution in [0.4, 0.5) is 21.5 Å². The molecule has 0 saturated carbocycles. The van der Waals surface area contributed by atoms with Gasteiger partial charge in [0.2, 0.25) is 10.0 Å². The Kier molecular flexibility index (Phi) is 3.65. The van der Waals surface area contributed by atoms with Gasteiger partial charge >= 0.3 is 0 Å². The first-order valence-corrected chi connectivity index (χ1v) is 7.25. The molecule has 0 aliphatic carbocycles. The second-order valence-corrected chi connectivity index (χ2v) is 5.87. The lowest BCUT2D eigenvalue weighted by Crippen LogP contribution is -2.15. The van der Waals surface area contributed by atoms with Gasteiger partial charge < -0.3 is 10.6 Å². The molecule has 0 fully saturated rings. The molecule has 2 aromatic carbocycles. The minimum absolute atomic E-state index is 0.0635. The number of anilines is 3. The summed E-state index contributed by atoms with van der Waals surface area (Å²) in [5.74, 6) is -0.367. The van der Waals surface area contributed by atoms with Gasteiger partial charge in [0, 0.05) is 12.7 Å². The molecule has 2 rings (SSSR count). The molecule has 0 spiro atoms. The van der Waals surface area contributed by atoms with Crippen LogP contribution in [0.3, 0.4) is 0 Å². The molecule has 0 bridgehead atoms. The summed E-state index contributed by atoms with van der Waals surface area (Å²) in [5.41, 5.74) is 7.23. The summed E-state index contributed by atoms with van der Waals surface area (Å²) in [6.45, 7) is 0. The first-order chi connectivity index (χ1) is 9.29. The number of nitrogen functional groups attached to an aromatic ring is 1. The van der Waals surface area contributed by atoms with Crippen LogP contribution in [-0.2, 0) is 10.0 Å². The minimum atomic E-state index is -3.80. The second kappa shape index (κ2) is 5.10. The molecule has 7 heteroatoms. The summed E-state index contributed by atoms with van der Waals surface area (Å²) in [6, 6.07) is 10.2. The van der Waals surface area contributed by atoms with E-state index in [1.165, 1.54) is 30.3 Å². The molecule has 0 aromatic heterocycles. The number of primary sulfonamides is 1. The number of nitrogens with two attached hydrogens (primary N) is 2. The standard InChI is InChI=1S/C13H14FN3O2S/c1-17(10-4-2-3-9(14)7-10)13-6-5-11(8-12(13)15)20(16,18)19/h2-8H,15H2,1H3,(H2,16,18,19). The third-order valence-corrected chi connectivity index (χ3v) is 3.80. The Bertz CT molecular complexity index is 747. The monoisotopic (exact) mass is 295 g/mol. The molecule has 0 saturated heterocycles. The van der Waals surface area contributed by atoms with Gasteiger partial charge in [0.05, 0.1) is 16.3 Å². The Labute approximate surface area is 116 Å². The Balaban J connectivity index is 2.43. The zero-order valence-corrected chi connectivity index (χ0v) is 11.6. The molecule has 0 radical (unpaired) electrons. The number of nitrogens with zero attached hydrogens (tertiary/aromatic N) is 1. The fourth-order valence-corrected chi connectivity index (χ4v) is 2.39. The van der Waals surface area contributed by atoms with Gasteiger partial charge in [-0.3, -0.25) is 0 Å². The van der Waals surface area contributed by atoms with Gasteiger partial charge in [-0.2, -0.15) is 0 Å². The zero-order chi connectivity index (χ0) is 14.9. The van der Waals surface area contributed by atoms with Crippen molar-refractivity contribution >= 4 is 27.1 Å². The van der Waals surface area contributed by atoms with E-state index in [4.69, 9.17) is 10.9 Å². The van der Waals surface area contributed by atoms with E-state index < -0.39 is 10.0 Å². The lowest BCUT2D eigenvalue weighted by atomic mass is 10.2. The van der Waals surface area contributed by atoms with Gasteiger partial charge in [-0.05, 0) is 36.4 Å². The first-order valence-electron chi connectivity index (χ1n) is 5.70. The van der Waals surface area contributed by atoms with Crippen molar-refractivity contribution in [1.29, 1.82) is 0 Å². The van der Waals surface area contributed by atoms with E-state index in [9.17, 15) is 12.8 Å². The maximum Gasteiger partial charge on any atom is 0.238 e. The van der Waals surface area contributed by atoms with Crippen molar-refractivity contribution in [3.63, 3.8) is 0 Å². The van der Waals surface area contributed by atoms with Crippen LogP contribution in [0, 0.1) is 5.82 Å². The maximum absolute atomic E-state index is 13.2. The molecule has 106 valence electrons. The number of rotatable bonds is 3. The fourth-order valence-electron chi connectivity index (χ4n) is 1.84. The van der Waals surface area contributed by atoms with Crippen LogP contribution in [0.2, 0.25) is 0 Å². The normalized spacial score (nSPS) is 11.3. The predicted molar refractivity (Wildman–Crippen MR) is 76.7 cm³/mol. The zero-order valence-electron chi connectivity index (χ0n) is 10.7. The van der Waals surface area contributed by atoms with Crippen LogP contribution in [-0.4, -0.2) is 15.5 Å². The average Bonchev–Trinajstić information content (AvgIpc) is 2.36. The van der Waals surface area contributed by atoms with Gasteiger partial charge in [0.25, 0.3) is 0 Å². The molecule has 0 atom stereocenters. The van der Waals surface area contributed by atoms with Gasteiger partial charge in [0.1, 0.15) is 5.82 Å². The van der Waals surface area contributed by atoms with E-state index >= 15 is 0 Å². The Morgan fingerprint density at radius 2 is 1.85 bits per heavy atom. The van der Waals surface area contributed by atoms with Gasteiger partial charge in [0.15, 0.2) is 0 Å². The third kappa shape index (κ3) is 2.89. The highest BCUT2D eigenvalue weighted by atomic mass is 32.2. The molecule has 0 amide bonds. The Hall–Kier alpha value is -2.12. The summed E-state index contributed by atoms with van der Waals surface area (Å²) in [4.78, 5) is 1.59. The number of hydrogen-bond acceptors (Lipinski definition) is 4. The first kappa shape index (κ1) is 14.3. The van der Waals surface area contributed by atoms with E-state index in [1.54, 1.807) is 24.1 Å². The Morgan fingerprint density at radius 1 is 1.15 bits per heavy atom. The molecular weight excluding hydrogens is 281 g/mol. The number of sulfonamides is 1. The number of halogens is 1. The van der Waals surface area contributed by atoms with Crippen molar-refractivity contribution in [3.8, 4) is 0 Å². The summed E-state index contributed by atoms with van der Waals surface area (Å²) >= 11 is 0. The minimum Gasteiger partial charge on any atom is -0.397 e. The molecular formula is C13H14FN3O2S. The molecule has 0 unspecified atom stereocenters. The molecule has 20 heavy (non-hydrogen) atoms. The van der Waals surface area contributed by atoms with E-state index in [0.29, 0.717) is 11.4 Å². The average molecular weight is 295 g/mol. The van der Waals surface area contributed by atoms with E-state index in [0.717, 1.165) is 0 Å². The maximum atomic E-state index is 13.2. The van der Waals surface area contributed by atoms with Crippen molar-refractivity contribution in [3.05, 3.63) is 48.3 Å². The van der Waals surface area contributed by atoms with Crippen molar-refractivity contribution in [2.24, 2.45) is 5.14 Å². The van der Waals surface area contributed by atoms with Gasteiger partial charge in [-0.1, -0.05) is 6.07 Å². The number of hydrogen-bond donors (Lipinski definition) is 2. The molecule has 0 aliphatic heterocycles. The van der Waals surface area contributed by atoms with E-state index in [2.05, 4.69) is 0 Å². The van der Waals surface area contributed by atoms with Crippen LogP contribution < -0.4 is 15.8 Å². The highest BCUT2D eigenvalue weighted by molar-refractivity contribution is 7.89. The van der Waals surface area contributed by atoms with E-state index in [1.807, 2.05) is 0 Å². The third-order valence-electron chi connectivity index (χ3n) is 2.88. The van der Waals surface area contributed by atoms with Gasteiger partial charge in [-0.15, -0.1) is 0 Å². The van der Waals surface area contributed by atoms with Gasteiger partial charge in [-0.25, -0.2) is 17.9 Å². The largest absolute Gasteiger partial charge is 0.397 e. The fraction of sp³-hybridized carbons (Fsp3) is 0.0769. The Morgan fingerprint density at radius 3 is 2.40 bits per heavy atom. The van der Waals surface area contributed by atoms with Crippen LogP contribution in [0.1, 0.15) is 0 Å². The molecule has 2 aromatic rings. The highest BCUT2D eigenvalue weighted by Gasteiger charge is 2.13. The predicted octanol–water partition coefficient (Wildman–Crippen LogP) is 1.82. The lowest BCUT2D eigenvalue weighted by molar-refractivity contribution is 0.598. The molecule has 5 nitrogen and oxygen atoms in total. The topological polar surface area (TPSA) is 89.4 Å². The van der Waals surface area contributed by atoms with E-state index in [-0.39, 0.29) is 16.4 Å². The van der Waals surface area contributed by atoms with Crippen molar-refractivity contribution in [1.82, 2.24) is 0 Å². The summed E-state index contributed by atoms with van der Waals surface area (Å²) in [5, 5.41) is 5.04. The van der Waals surface area contributed by atoms with Crippen molar-refractivity contribution < 1.29 is 12.8 Å².